The van der Waals surface area contributed by atoms with Crippen LogP contribution in [0.5, 0.6) is 5.75 Å². The number of benzene rings is 1. The van der Waals surface area contributed by atoms with Gasteiger partial charge in [0.15, 0.2) is 0 Å². The van der Waals surface area contributed by atoms with E-state index in [4.69, 9.17) is 5.73 Å². The molecule has 0 radical (unpaired) electrons. The van der Waals surface area contributed by atoms with Crippen molar-refractivity contribution in [1.82, 2.24) is 15.5 Å². The average molecular weight is 497 g/mol. The zero-order valence-electron chi connectivity index (χ0n) is 18.2. The molecular weight excluding hydrogens is 468 g/mol. The number of nitrogens with two attached hydrogens (primary N) is 1. The molecular formula is C21H28N4O8S. The quantitative estimate of drug-likeness (QED) is 0.182. The lowest BCUT2D eigenvalue weighted by Gasteiger charge is -2.28. The number of carbonyl (C=O) groups is 5. The molecule has 1 aliphatic heterocycles. The summed E-state index contributed by atoms with van der Waals surface area (Å²) < 4.78 is 0. The van der Waals surface area contributed by atoms with Crippen LogP contribution in [0.4, 0.5) is 0 Å². The molecule has 12 nitrogen and oxygen atoms in total. The molecule has 0 saturated carbocycles. The van der Waals surface area contributed by atoms with Gasteiger partial charge in [0.05, 0.1) is 12.5 Å². The summed E-state index contributed by atoms with van der Waals surface area (Å²) in [6.07, 6.45) is 0.0213. The van der Waals surface area contributed by atoms with Crippen molar-refractivity contribution in [3.8, 4) is 5.75 Å². The Morgan fingerprint density at radius 3 is 2.24 bits per heavy atom. The van der Waals surface area contributed by atoms with E-state index in [2.05, 4.69) is 23.3 Å². The lowest BCUT2D eigenvalue weighted by Crippen LogP contribution is -2.58. The molecule has 1 fully saturated rings. The van der Waals surface area contributed by atoms with Crippen LogP contribution in [0, 0.1) is 0 Å². The number of amides is 3. The molecule has 7 N–H and O–H groups in total. The van der Waals surface area contributed by atoms with E-state index in [0.717, 1.165) is 4.90 Å². The number of phenols is 1. The number of likely N-dealkylation sites (tertiary alicyclic amines) is 1. The Kier molecular flexibility index (Phi) is 9.69. The first-order valence-electron chi connectivity index (χ1n) is 10.5. The van der Waals surface area contributed by atoms with Gasteiger partial charge in [-0.1, -0.05) is 12.1 Å². The molecule has 0 aliphatic carbocycles. The smallest absolute Gasteiger partial charge is 0.326 e. The minimum absolute atomic E-state index is 0.0580. The highest BCUT2D eigenvalue weighted by Gasteiger charge is 2.39. The number of aliphatic carboxylic acids is 2. The molecule has 186 valence electrons. The number of carboxylic acid groups (broad SMARTS) is 2. The topological polar surface area (TPSA) is 199 Å². The maximum atomic E-state index is 12.8. The Labute approximate surface area is 200 Å². The van der Waals surface area contributed by atoms with Gasteiger partial charge < -0.3 is 36.6 Å². The summed E-state index contributed by atoms with van der Waals surface area (Å²) in [7, 11) is 0. The van der Waals surface area contributed by atoms with Gasteiger partial charge in [-0.25, -0.2) is 4.79 Å². The zero-order chi connectivity index (χ0) is 25.4. The van der Waals surface area contributed by atoms with E-state index in [-0.39, 0.29) is 30.9 Å². The molecule has 13 heteroatoms. The van der Waals surface area contributed by atoms with Crippen LogP contribution >= 0.6 is 12.6 Å². The van der Waals surface area contributed by atoms with Crippen LogP contribution < -0.4 is 16.4 Å². The van der Waals surface area contributed by atoms with Gasteiger partial charge in [-0.3, -0.25) is 19.2 Å². The number of thiol groups is 1. The first-order chi connectivity index (χ1) is 16.0. The minimum Gasteiger partial charge on any atom is -0.508 e. The molecule has 34 heavy (non-hydrogen) atoms. The van der Waals surface area contributed by atoms with Crippen molar-refractivity contribution in [3.05, 3.63) is 29.8 Å². The predicted octanol–water partition coefficient (Wildman–Crippen LogP) is -1.29. The van der Waals surface area contributed by atoms with Gasteiger partial charge in [0, 0.05) is 12.3 Å². The first kappa shape index (κ1) is 26.9. The number of carbonyl (C=O) groups excluding carboxylic acids is 3. The monoisotopic (exact) mass is 496 g/mol. The second kappa shape index (κ2) is 12.2. The third kappa shape index (κ3) is 7.35. The second-order valence-corrected chi connectivity index (χ2v) is 8.27. The van der Waals surface area contributed by atoms with Gasteiger partial charge in [-0.15, -0.1) is 0 Å². The summed E-state index contributed by atoms with van der Waals surface area (Å²) in [5, 5.41) is 32.5. The fourth-order valence-corrected chi connectivity index (χ4v) is 3.84. The highest BCUT2D eigenvalue weighted by molar-refractivity contribution is 7.80. The number of nitrogens with zero attached hydrogens (tertiary/aromatic N) is 1. The van der Waals surface area contributed by atoms with Crippen molar-refractivity contribution >= 4 is 42.3 Å². The van der Waals surface area contributed by atoms with E-state index < -0.39 is 60.2 Å². The SMILES string of the molecule is NC(Cc1ccc(O)cc1)C(=O)NC(CS)C(=O)NC(CC(=O)O)C(=O)N1CCCC1C(=O)O. The Hall–Kier alpha value is -3.32. The Balaban J connectivity index is 2.04. The van der Waals surface area contributed by atoms with Crippen LogP contribution in [-0.4, -0.2) is 86.3 Å². The van der Waals surface area contributed by atoms with Gasteiger partial charge in [-0.2, -0.15) is 12.6 Å². The number of hydrogen-bond acceptors (Lipinski definition) is 8. The predicted molar refractivity (Wildman–Crippen MR) is 122 cm³/mol. The first-order valence-corrected chi connectivity index (χ1v) is 11.2. The Morgan fingerprint density at radius 2 is 1.68 bits per heavy atom. The number of phenolic OH excluding ortho intramolecular Hbond substituents is 1. The van der Waals surface area contributed by atoms with Crippen molar-refractivity contribution in [2.45, 2.75) is 49.9 Å². The van der Waals surface area contributed by atoms with Crippen molar-refractivity contribution in [2.75, 3.05) is 12.3 Å². The molecule has 0 spiro atoms. The second-order valence-electron chi connectivity index (χ2n) is 7.91. The minimum atomic E-state index is -1.52. The molecule has 0 aromatic heterocycles. The van der Waals surface area contributed by atoms with E-state index in [1.165, 1.54) is 12.1 Å². The van der Waals surface area contributed by atoms with Crippen LogP contribution in [0.25, 0.3) is 0 Å². The van der Waals surface area contributed by atoms with Crippen molar-refractivity contribution in [2.24, 2.45) is 5.73 Å². The maximum absolute atomic E-state index is 12.8. The molecule has 1 saturated heterocycles. The zero-order valence-corrected chi connectivity index (χ0v) is 19.1. The van der Waals surface area contributed by atoms with Gasteiger partial charge >= 0.3 is 11.9 Å². The lowest BCUT2D eigenvalue weighted by atomic mass is 10.1. The molecule has 4 atom stereocenters. The van der Waals surface area contributed by atoms with E-state index in [9.17, 15) is 39.3 Å². The number of nitrogens with one attached hydrogen (secondary N) is 2. The summed E-state index contributed by atoms with van der Waals surface area (Å²) in [5.74, 6) is -5.04. The van der Waals surface area contributed by atoms with Crippen molar-refractivity contribution in [1.29, 1.82) is 0 Å². The maximum Gasteiger partial charge on any atom is 0.326 e. The van der Waals surface area contributed by atoms with Crippen LogP contribution in [0.1, 0.15) is 24.8 Å². The average Bonchev–Trinajstić information content (AvgIpc) is 3.27. The molecule has 1 aromatic carbocycles. The van der Waals surface area contributed by atoms with Gasteiger partial charge in [0.2, 0.25) is 17.7 Å². The highest BCUT2D eigenvalue weighted by Crippen LogP contribution is 2.19. The van der Waals surface area contributed by atoms with Crippen LogP contribution in [0.15, 0.2) is 24.3 Å². The number of hydrogen-bond donors (Lipinski definition) is 7. The van der Waals surface area contributed by atoms with Gasteiger partial charge in [-0.05, 0) is 37.0 Å². The van der Waals surface area contributed by atoms with Crippen LogP contribution in [0.3, 0.4) is 0 Å². The molecule has 0 bridgehead atoms. The fourth-order valence-electron chi connectivity index (χ4n) is 3.59. The Morgan fingerprint density at radius 1 is 1.06 bits per heavy atom. The summed E-state index contributed by atoms with van der Waals surface area (Å²) >= 11 is 4.05. The van der Waals surface area contributed by atoms with E-state index >= 15 is 0 Å². The third-order valence-electron chi connectivity index (χ3n) is 5.36. The summed E-state index contributed by atoms with van der Waals surface area (Å²) in [6.45, 7) is 0.126. The normalized spacial score (nSPS) is 17.9. The van der Waals surface area contributed by atoms with E-state index in [1.54, 1.807) is 12.1 Å². The summed E-state index contributed by atoms with van der Waals surface area (Å²) in [5.41, 5.74) is 6.59. The standard InChI is InChI=1S/C21H28N4O8S/c22-13(8-11-3-5-12(26)6-4-11)18(29)24-15(10-34)19(30)23-14(9-17(27)28)20(31)25-7-1-2-16(25)21(32)33/h3-6,13-16,26,34H,1-2,7-10,22H2,(H,23,30)(H,24,29)(H,27,28)(H,32,33). The fraction of sp³-hybridized carbons (Fsp3) is 0.476. The molecule has 1 aliphatic rings. The van der Waals surface area contributed by atoms with Gasteiger partial charge in [0.1, 0.15) is 23.9 Å². The molecule has 1 aromatic rings. The largest absolute Gasteiger partial charge is 0.508 e. The van der Waals surface area contributed by atoms with E-state index in [1.807, 2.05) is 0 Å². The highest BCUT2D eigenvalue weighted by atomic mass is 32.1. The van der Waals surface area contributed by atoms with E-state index in [0.29, 0.717) is 12.0 Å². The Bertz CT molecular complexity index is 926. The van der Waals surface area contributed by atoms with Crippen LogP contribution in [0.2, 0.25) is 0 Å². The van der Waals surface area contributed by atoms with Crippen molar-refractivity contribution < 1.29 is 39.3 Å². The lowest BCUT2D eigenvalue weighted by molar-refractivity contribution is -0.150. The molecule has 3 amide bonds. The number of carboxylic acids is 2. The summed E-state index contributed by atoms with van der Waals surface area (Å²) in [4.78, 5) is 61.8. The molecule has 2 rings (SSSR count). The third-order valence-corrected chi connectivity index (χ3v) is 5.72. The summed E-state index contributed by atoms with van der Waals surface area (Å²) in [6, 6.07) is 1.20. The van der Waals surface area contributed by atoms with Crippen molar-refractivity contribution in [3.63, 3.8) is 0 Å². The number of rotatable bonds is 11. The number of aromatic hydroxyl groups is 1. The van der Waals surface area contributed by atoms with Gasteiger partial charge in [0.25, 0.3) is 0 Å². The molecule has 4 unspecified atom stereocenters. The van der Waals surface area contributed by atoms with Crippen LogP contribution in [-0.2, 0) is 30.4 Å². The molecule has 1 heterocycles.